The molecule has 0 saturated carbocycles. The van der Waals surface area contributed by atoms with E-state index < -0.39 is 41.9 Å². The largest absolute Gasteiger partial charge is 0.508 e. The topological polar surface area (TPSA) is 140 Å². The van der Waals surface area contributed by atoms with E-state index in [-0.39, 0.29) is 35.9 Å². The van der Waals surface area contributed by atoms with Gasteiger partial charge in [-0.3, -0.25) is 14.6 Å². The molecule has 10 heteroatoms. The smallest absolute Gasteiger partial charge is 0.191 e. The van der Waals surface area contributed by atoms with Gasteiger partial charge >= 0.3 is 0 Å². The average molecular weight is 761 g/mol. The Balaban J connectivity index is 1.26. The number of aromatic amines is 1. The van der Waals surface area contributed by atoms with E-state index in [0.29, 0.717) is 59.4 Å². The van der Waals surface area contributed by atoms with Crippen LogP contribution in [0.15, 0.2) is 65.4 Å². The normalized spacial score (nSPS) is 33.3. The molecule has 2 aliphatic heterocycles. The van der Waals surface area contributed by atoms with Gasteiger partial charge in [0.05, 0.1) is 30.1 Å². The van der Waals surface area contributed by atoms with Gasteiger partial charge < -0.3 is 34.1 Å². The van der Waals surface area contributed by atoms with Gasteiger partial charge in [0.2, 0.25) is 0 Å². The molecule has 294 valence electrons. The van der Waals surface area contributed by atoms with Crippen LogP contribution in [0, 0.1) is 46.9 Å². The Morgan fingerprint density at radius 1 is 1.16 bits per heavy atom. The van der Waals surface area contributed by atoms with E-state index in [9.17, 15) is 19.8 Å². The van der Waals surface area contributed by atoms with Crippen molar-refractivity contribution in [3.63, 3.8) is 0 Å². The second-order valence-corrected chi connectivity index (χ2v) is 16.5. The SMILES string of the molecule is CC/C=C1\C2=C(C)C(=O)C[C@@]1(O)C#C/C=C\C#C[C@@H]2OC1OC(C)C(C)(C(=O)c2nccc3c2[nH]c2ccc(O)cc23)CC1OC1CC(C)C(CC(C)C)CO1. The first-order valence-electron chi connectivity index (χ1n) is 19.8. The van der Waals surface area contributed by atoms with Crippen molar-refractivity contribution in [2.75, 3.05) is 6.61 Å². The van der Waals surface area contributed by atoms with Crippen molar-refractivity contribution in [3.8, 4) is 29.4 Å². The molecule has 3 N–H and O–H groups in total. The maximum atomic E-state index is 14.9. The van der Waals surface area contributed by atoms with Gasteiger partial charge in [0.25, 0.3) is 0 Å². The zero-order chi connectivity index (χ0) is 39.9. The standard InChI is InChI=1S/C46H52N2O8/c1-8-13-34-40-28(5)36(50)23-46(34,52)18-12-10-9-11-14-37(40)56-44-38(55-39-21-27(4)30(25-53-39)20-26(2)3)24-45(7,29(6)54-44)43(51)42-41-32(17-19-47-42)33-22-31(49)15-16-35(33)48-41/h9-10,13,15-17,19,22,26-27,29-30,37-39,44,48-49,52H,8,20-21,23-25H2,1-7H3/b10-9-,34-13+/t27?,29?,30?,37-,38?,39?,44?,45?,46-/m0/s1. The predicted molar refractivity (Wildman–Crippen MR) is 213 cm³/mol. The lowest BCUT2D eigenvalue weighted by atomic mass is 9.72. The number of ether oxygens (including phenoxy) is 4. The predicted octanol–water partition coefficient (Wildman–Crippen LogP) is 7.49. The number of aliphatic hydroxyl groups is 1. The van der Waals surface area contributed by atoms with Crippen LogP contribution in [-0.4, -0.2) is 74.8 Å². The van der Waals surface area contributed by atoms with E-state index in [4.69, 9.17) is 18.9 Å². The second-order valence-electron chi connectivity index (χ2n) is 16.5. The number of carbonyl (C=O) groups is 2. The third kappa shape index (κ3) is 7.49. The number of nitrogens with one attached hydrogen (secondary N) is 1. The van der Waals surface area contributed by atoms with Gasteiger partial charge in [0.1, 0.15) is 23.7 Å². The molecule has 56 heavy (non-hydrogen) atoms. The lowest BCUT2D eigenvalue weighted by Crippen LogP contribution is -2.56. The first kappa shape index (κ1) is 39.7. The lowest BCUT2D eigenvalue weighted by molar-refractivity contribution is -0.312. The highest BCUT2D eigenvalue weighted by Crippen LogP contribution is 2.45. The summed E-state index contributed by atoms with van der Waals surface area (Å²) in [4.78, 5) is 36.3. The van der Waals surface area contributed by atoms with Crippen molar-refractivity contribution in [1.82, 2.24) is 9.97 Å². The molecule has 2 aliphatic carbocycles. The van der Waals surface area contributed by atoms with E-state index in [0.717, 1.165) is 22.7 Å². The average Bonchev–Trinajstić information content (AvgIpc) is 3.52. The minimum absolute atomic E-state index is 0.125. The Kier molecular flexibility index (Phi) is 11.2. The highest BCUT2D eigenvalue weighted by molar-refractivity contribution is 6.15. The Hall–Kier alpha value is -4.55. The first-order chi connectivity index (χ1) is 26.7. The molecule has 9 atom stereocenters. The quantitative estimate of drug-likeness (QED) is 0.150. The number of nitrogens with zero attached hydrogens (tertiary/aromatic N) is 1. The van der Waals surface area contributed by atoms with Gasteiger partial charge in [-0.2, -0.15) is 0 Å². The summed E-state index contributed by atoms with van der Waals surface area (Å²) >= 11 is 0. The van der Waals surface area contributed by atoms with Crippen LogP contribution in [0.5, 0.6) is 5.75 Å². The van der Waals surface area contributed by atoms with Crippen LogP contribution in [0.2, 0.25) is 0 Å². The van der Waals surface area contributed by atoms with E-state index in [1.165, 1.54) is 0 Å². The van der Waals surface area contributed by atoms with E-state index >= 15 is 0 Å². The number of phenolic OH excluding ortho intramolecular Hbond substituents is 1. The van der Waals surface area contributed by atoms with Crippen molar-refractivity contribution < 1.29 is 38.7 Å². The maximum Gasteiger partial charge on any atom is 0.191 e. The Labute approximate surface area is 328 Å². The molecule has 2 bridgehead atoms. The molecule has 0 amide bonds. The molecular formula is C46H52N2O8. The Morgan fingerprint density at radius 3 is 2.70 bits per heavy atom. The first-order valence-corrected chi connectivity index (χ1v) is 19.8. The summed E-state index contributed by atoms with van der Waals surface area (Å²) in [6.07, 6.45) is 4.83. The van der Waals surface area contributed by atoms with E-state index in [1.807, 2.05) is 32.9 Å². The molecule has 0 radical (unpaired) electrons. The minimum atomic E-state index is -1.72. The zero-order valence-corrected chi connectivity index (χ0v) is 33.3. The summed E-state index contributed by atoms with van der Waals surface area (Å²) in [5.74, 6) is 12.9. The van der Waals surface area contributed by atoms with Crippen molar-refractivity contribution >= 4 is 33.4 Å². The van der Waals surface area contributed by atoms with E-state index in [2.05, 4.69) is 54.4 Å². The van der Waals surface area contributed by atoms with Gasteiger partial charge in [-0.15, -0.1) is 0 Å². The number of allylic oxidation sites excluding steroid dienone is 4. The molecule has 4 heterocycles. The summed E-state index contributed by atoms with van der Waals surface area (Å²) in [6.45, 7) is 14.6. The number of hydrogen-bond acceptors (Lipinski definition) is 9. The minimum Gasteiger partial charge on any atom is -0.508 e. The number of carbonyl (C=O) groups excluding carboxylic acids is 2. The van der Waals surface area contributed by atoms with Crippen LogP contribution >= 0.6 is 0 Å². The van der Waals surface area contributed by atoms with Crippen LogP contribution < -0.4 is 0 Å². The number of fused-ring (bicyclic) bond motifs is 5. The number of H-pyrrole nitrogens is 1. The molecule has 4 aliphatic rings. The number of aromatic nitrogens is 2. The van der Waals surface area contributed by atoms with Crippen molar-refractivity contribution in [1.29, 1.82) is 0 Å². The van der Waals surface area contributed by atoms with Crippen LogP contribution in [0.3, 0.4) is 0 Å². The monoisotopic (exact) mass is 760 g/mol. The third-order valence-corrected chi connectivity index (χ3v) is 12.0. The number of hydrogen-bond donors (Lipinski definition) is 3. The lowest BCUT2D eigenvalue weighted by Gasteiger charge is -2.47. The summed E-state index contributed by atoms with van der Waals surface area (Å²) < 4.78 is 26.8. The molecule has 0 spiro atoms. The molecule has 3 aromatic rings. The second kappa shape index (κ2) is 15.8. The van der Waals surface area contributed by atoms with Crippen molar-refractivity contribution in [3.05, 3.63) is 71.1 Å². The summed E-state index contributed by atoms with van der Waals surface area (Å²) in [5, 5.41) is 23.6. The molecule has 2 aromatic heterocycles. The number of phenols is 1. The third-order valence-electron chi connectivity index (χ3n) is 12.0. The number of aromatic hydroxyl groups is 1. The van der Waals surface area contributed by atoms with Gasteiger partial charge in [0.15, 0.2) is 29.7 Å². The molecule has 7 unspecified atom stereocenters. The maximum absolute atomic E-state index is 14.9. The fourth-order valence-corrected chi connectivity index (χ4v) is 8.68. The summed E-state index contributed by atoms with van der Waals surface area (Å²) in [5.41, 5.74) is 0.144. The van der Waals surface area contributed by atoms with Crippen LogP contribution in [0.1, 0.15) is 91.1 Å². The van der Waals surface area contributed by atoms with Crippen LogP contribution in [-0.2, 0) is 23.7 Å². The Bertz CT molecular complexity index is 2260. The summed E-state index contributed by atoms with van der Waals surface area (Å²) in [7, 11) is 0. The fourth-order valence-electron chi connectivity index (χ4n) is 8.68. The molecule has 10 nitrogen and oxygen atoms in total. The highest BCUT2D eigenvalue weighted by Gasteiger charge is 2.53. The number of ketones is 2. The van der Waals surface area contributed by atoms with Crippen molar-refractivity contribution in [2.24, 2.45) is 23.2 Å². The highest BCUT2D eigenvalue weighted by atomic mass is 16.7. The Morgan fingerprint density at radius 2 is 1.95 bits per heavy atom. The van der Waals surface area contributed by atoms with Crippen molar-refractivity contribution in [2.45, 2.75) is 117 Å². The molecule has 1 aromatic carbocycles. The van der Waals surface area contributed by atoms with Gasteiger partial charge in [-0.1, -0.05) is 57.5 Å². The van der Waals surface area contributed by atoms with Crippen LogP contribution in [0.4, 0.5) is 0 Å². The number of benzene rings is 1. The fraction of sp³-hybridized carbons (Fsp3) is 0.500. The van der Waals surface area contributed by atoms with E-state index in [1.54, 1.807) is 43.5 Å². The summed E-state index contributed by atoms with van der Waals surface area (Å²) in [6, 6.07) is 6.87. The number of Topliss-reactive ketones (excluding diaryl/α,β-unsaturated/α-hetero) is 2. The molecule has 2 saturated heterocycles. The van der Waals surface area contributed by atoms with Gasteiger partial charge in [-0.25, -0.2) is 0 Å². The molecule has 7 rings (SSSR count). The van der Waals surface area contributed by atoms with Gasteiger partial charge in [-0.05, 0) is 105 Å². The van der Waals surface area contributed by atoms with Crippen LogP contribution in [0.25, 0.3) is 21.8 Å². The number of rotatable bonds is 9. The molecule has 2 fully saturated rings. The molecular weight excluding hydrogens is 709 g/mol. The number of pyridine rings is 1. The van der Waals surface area contributed by atoms with Gasteiger partial charge in [0, 0.05) is 34.5 Å². The zero-order valence-electron chi connectivity index (χ0n) is 33.3.